The van der Waals surface area contributed by atoms with E-state index < -0.39 is 5.97 Å². The Balaban J connectivity index is 3.56. The minimum Gasteiger partial charge on any atom is -0.478 e. The molecule has 0 aromatic rings. The zero-order chi connectivity index (χ0) is 8.69. The summed E-state index contributed by atoms with van der Waals surface area (Å²) in [7, 11) is 0. The van der Waals surface area contributed by atoms with Gasteiger partial charge in [-0.05, 0) is 26.2 Å². The van der Waals surface area contributed by atoms with Crippen LogP contribution in [0.4, 0.5) is 0 Å². The molecule has 0 fully saturated rings. The maximum Gasteiger partial charge on any atom is 0.330 e. The van der Waals surface area contributed by atoms with Gasteiger partial charge in [-0.25, -0.2) is 4.79 Å². The number of unbranched alkanes of at least 4 members (excludes halogenated alkanes) is 2. The predicted molar refractivity (Wildman–Crippen MR) is 45.4 cm³/mol. The molecule has 0 aliphatic heterocycles. The molecule has 0 atom stereocenters. The largest absolute Gasteiger partial charge is 0.478 e. The molecule has 0 heterocycles. The highest BCUT2D eigenvalue weighted by Crippen LogP contribution is 2.01. The maximum absolute atomic E-state index is 10.3. The van der Waals surface area contributed by atoms with Crippen LogP contribution in [0.3, 0.4) is 0 Å². The molecule has 0 aromatic heterocycles. The Morgan fingerprint density at radius 1 is 1.55 bits per heavy atom. The van der Waals surface area contributed by atoms with Gasteiger partial charge < -0.3 is 5.11 Å². The monoisotopic (exact) mass is 154 g/mol. The number of allylic oxidation sites excluding steroid dienone is 2. The van der Waals surface area contributed by atoms with Crippen molar-refractivity contribution in [2.45, 2.75) is 26.2 Å². The molecule has 0 amide bonds. The molecule has 1 N–H and O–H groups in total. The molecule has 0 radical (unpaired) electrons. The van der Waals surface area contributed by atoms with Gasteiger partial charge in [-0.2, -0.15) is 0 Å². The highest BCUT2D eigenvalue weighted by atomic mass is 16.4. The van der Waals surface area contributed by atoms with Crippen molar-refractivity contribution in [2.24, 2.45) is 0 Å². The molecule has 11 heavy (non-hydrogen) atoms. The first-order chi connectivity index (χ1) is 5.18. The van der Waals surface area contributed by atoms with Crippen molar-refractivity contribution >= 4 is 5.97 Å². The first-order valence-corrected chi connectivity index (χ1v) is 3.69. The highest BCUT2D eigenvalue weighted by Gasteiger charge is 1.96. The lowest BCUT2D eigenvalue weighted by Gasteiger charge is -1.92. The summed E-state index contributed by atoms with van der Waals surface area (Å²) in [5, 5.41) is 8.45. The Kier molecular flexibility index (Phi) is 5.17. The molecule has 0 aliphatic rings. The zero-order valence-corrected chi connectivity index (χ0v) is 6.84. The minimum atomic E-state index is -0.830. The normalized spacial score (nSPS) is 11.2. The summed E-state index contributed by atoms with van der Waals surface area (Å²) >= 11 is 0. The highest BCUT2D eigenvalue weighted by molar-refractivity contribution is 5.85. The maximum atomic E-state index is 10.3. The van der Waals surface area contributed by atoms with Gasteiger partial charge in [0, 0.05) is 5.57 Å². The fourth-order valence-electron chi connectivity index (χ4n) is 0.668. The number of hydrogen-bond acceptors (Lipinski definition) is 1. The van der Waals surface area contributed by atoms with Crippen molar-refractivity contribution in [1.29, 1.82) is 0 Å². The minimum absolute atomic E-state index is 0.425. The quantitative estimate of drug-likeness (QED) is 0.375. The summed E-state index contributed by atoms with van der Waals surface area (Å²) in [6.07, 6.45) is 6.33. The fraction of sp³-hybridized carbons (Fsp3) is 0.444. The second-order valence-electron chi connectivity index (χ2n) is 2.41. The number of carboxylic acids is 1. The van der Waals surface area contributed by atoms with Crippen LogP contribution in [0.2, 0.25) is 0 Å². The zero-order valence-electron chi connectivity index (χ0n) is 6.84. The molecule has 0 rings (SSSR count). The second-order valence-corrected chi connectivity index (χ2v) is 2.41. The van der Waals surface area contributed by atoms with E-state index in [1.807, 2.05) is 6.08 Å². The summed E-state index contributed by atoms with van der Waals surface area (Å²) in [5.74, 6) is -0.830. The van der Waals surface area contributed by atoms with E-state index in [-0.39, 0.29) is 0 Å². The number of carboxylic acid groups (broad SMARTS) is 1. The van der Waals surface area contributed by atoms with Gasteiger partial charge in [0.1, 0.15) is 0 Å². The first kappa shape index (κ1) is 9.95. The molecule has 0 aliphatic carbocycles. The molecule has 0 unspecified atom stereocenters. The second kappa shape index (κ2) is 5.71. The van der Waals surface area contributed by atoms with Crippen LogP contribution < -0.4 is 0 Å². The number of rotatable bonds is 5. The average Bonchev–Trinajstić information content (AvgIpc) is 1.97. The topological polar surface area (TPSA) is 37.3 Å². The van der Waals surface area contributed by atoms with Crippen molar-refractivity contribution < 1.29 is 9.90 Å². The van der Waals surface area contributed by atoms with Crippen LogP contribution in [0.25, 0.3) is 0 Å². The molecule has 2 nitrogen and oxygen atoms in total. The standard InChI is InChI=1S/C9H14O2/c1-3-4-5-6-7-8(2)9(10)11/h3,7H,1,4-6H2,2H3,(H,10,11)/b8-7+. The fourth-order valence-corrected chi connectivity index (χ4v) is 0.668. The lowest BCUT2D eigenvalue weighted by Crippen LogP contribution is -1.95. The predicted octanol–water partition coefficient (Wildman–Crippen LogP) is 2.37. The van der Waals surface area contributed by atoms with Gasteiger partial charge in [-0.15, -0.1) is 6.58 Å². The number of carbonyl (C=O) groups is 1. The smallest absolute Gasteiger partial charge is 0.330 e. The molecule has 0 bridgehead atoms. The molecular formula is C9H14O2. The molecule has 0 spiro atoms. The Hall–Kier alpha value is -1.05. The third kappa shape index (κ3) is 5.40. The van der Waals surface area contributed by atoms with Crippen LogP contribution in [0, 0.1) is 0 Å². The van der Waals surface area contributed by atoms with E-state index in [1.54, 1.807) is 13.0 Å². The van der Waals surface area contributed by atoms with Gasteiger partial charge in [0.25, 0.3) is 0 Å². The van der Waals surface area contributed by atoms with E-state index in [2.05, 4.69) is 6.58 Å². The van der Waals surface area contributed by atoms with Crippen molar-refractivity contribution in [2.75, 3.05) is 0 Å². The Bertz CT molecular complexity index is 168. The van der Waals surface area contributed by atoms with Crippen LogP contribution >= 0.6 is 0 Å². The van der Waals surface area contributed by atoms with Gasteiger partial charge in [0.05, 0.1) is 0 Å². The van der Waals surface area contributed by atoms with Crippen LogP contribution in [-0.2, 0) is 4.79 Å². The van der Waals surface area contributed by atoms with Crippen molar-refractivity contribution in [3.05, 3.63) is 24.3 Å². The average molecular weight is 154 g/mol. The van der Waals surface area contributed by atoms with Crippen LogP contribution in [0.5, 0.6) is 0 Å². The van der Waals surface area contributed by atoms with Crippen LogP contribution in [0.15, 0.2) is 24.3 Å². The summed E-state index contributed by atoms with van der Waals surface area (Å²) in [6, 6.07) is 0. The summed E-state index contributed by atoms with van der Waals surface area (Å²) in [4.78, 5) is 10.3. The van der Waals surface area contributed by atoms with Crippen molar-refractivity contribution in [3.63, 3.8) is 0 Å². The van der Waals surface area contributed by atoms with Gasteiger partial charge in [0.15, 0.2) is 0 Å². The molecule has 0 saturated carbocycles. The first-order valence-electron chi connectivity index (χ1n) is 3.69. The number of hydrogen-bond donors (Lipinski definition) is 1. The van der Waals surface area contributed by atoms with Gasteiger partial charge >= 0.3 is 5.97 Å². The van der Waals surface area contributed by atoms with E-state index in [9.17, 15) is 4.79 Å². The van der Waals surface area contributed by atoms with E-state index in [0.29, 0.717) is 5.57 Å². The van der Waals surface area contributed by atoms with E-state index in [4.69, 9.17) is 5.11 Å². The van der Waals surface area contributed by atoms with E-state index in [0.717, 1.165) is 19.3 Å². The third-order valence-corrected chi connectivity index (χ3v) is 1.40. The van der Waals surface area contributed by atoms with Crippen molar-refractivity contribution in [1.82, 2.24) is 0 Å². The SMILES string of the molecule is C=CCCC/C=C(\C)C(=O)O. The van der Waals surface area contributed by atoms with Gasteiger partial charge in [0.2, 0.25) is 0 Å². The molecule has 2 heteroatoms. The Labute approximate surface area is 67.2 Å². The van der Waals surface area contributed by atoms with Crippen LogP contribution in [0.1, 0.15) is 26.2 Å². The molecular weight excluding hydrogens is 140 g/mol. The Morgan fingerprint density at radius 2 is 2.18 bits per heavy atom. The lowest BCUT2D eigenvalue weighted by molar-refractivity contribution is -0.132. The lowest BCUT2D eigenvalue weighted by atomic mass is 10.2. The third-order valence-electron chi connectivity index (χ3n) is 1.40. The summed E-state index contributed by atoms with van der Waals surface area (Å²) < 4.78 is 0. The molecule has 0 saturated heterocycles. The summed E-state index contributed by atoms with van der Waals surface area (Å²) in [5.41, 5.74) is 0.425. The van der Waals surface area contributed by atoms with E-state index >= 15 is 0 Å². The summed E-state index contributed by atoms with van der Waals surface area (Å²) in [6.45, 7) is 5.18. The van der Waals surface area contributed by atoms with Gasteiger partial charge in [-0.1, -0.05) is 12.2 Å². The van der Waals surface area contributed by atoms with Gasteiger partial charge in [-0.3, -0.25) is 0 Å². The Morgan fingerprint density at radius 3 is 2.64 bits per heavy atom. The van der Waals surface area contributed by atoms with Crippen molar-refractivity contribution in [3.8, 4) is 0 Å². The molecule has 62 valence electrons. The number of aliphatic carboxylic acids is 1. The van der Waals surface area contributed by atoms with Crippen LogP contribution in [-0.4, -0.2) is 11.1 Å². The molecule has 0 aromatic carbocycles. The van der Waals surface area contributed by atoms with E-state index in [1.165, 1.54) is 0 Å².